The SMILES string of the molecule is CCN(c1ccc([N+](=O)[O-])cc1)C(C)CC(=O)O. The van der Waals surface area contributed by atoms with Crippen molar-refractivity contribution in [3.8, 4) is 0 Å². The summed E-state index contributed by atoms with van der Waals surface area (Å²) in [7, 11) is 0. The van der Waals surface area contributed by atoms with Crippen LogP contribution in [0.2, 0.25) is 0 Å². The monoisotopic (exact) mass is 252 g/mol. The van der Waals surface area contributed by atoms with Crippen LogP contribution in [0.5, 0.6) is 0 Å². The number of hydrogen-bond donors (Lipinski definition) is 1. The van der Waals surface area contributed by atoms with E-state index in [0.717, 1.165) is 5.69 Å². The molecule has 1 aromatic carbocycles. The van der Waals surface area contributed by atoms with Gasteiger partial charge < -0.3 is 10.0 Å². The zero-order chi connectivity index (χ0) is 13.7. The van der Waals surface area contributed by atoms with E-state index >= 15 is 0 Å². The Morgan fingerprint density at radius 2 is 2.00 bits per heavy atom. The molecule has 0 aliphatic carbocycles. The quantitative estimate of drug-likeness (QED) is 0.620. The van der Waals surface area contributed by atoms with Gasteiger partial charge >= 0.3 is 5.97 Å². The van der Waals surface area contributed by atoms with E-state index in [4.69, 9.17) is 5.11 Å². The van der Waals surface area contributed by atoms with Crippen LogP contribution in [-0.4, -0.2) is 28.6 Å². The lowest BCUT2D eigenvalue weighted by Crippen LogP contribution is -2.34. The van der Waals surface area contributed by atoms with Crippen LogP contribution in [0.4, 0.5) is 11.4 Å². The Morgan fingerprint density at radius 3 is 2.39 bits per heavy atom. The summed E-state index contributed by atoms with van der Waals surface area (Å²) in [6, 6.07) is 5.96. The first-order chi connectivity index (χ1) is 8.45. The Balaban J connectivity index is 2.88. The molecule has 0 aliphatic rings. The summed E-state index contributed by atoms with van der Waals surface area (Å²) >= 11 is 0. The summed E-state index contributed by atoms with van der Waals surface area (Å²) in [6.45, 7) is 4.38. The first-order valence-corrected chi connectivity index (χ1v) is 5.68. The van der Waals surface area contributed by atoms with Crippen LogP contribution < -0.4 is 4.90 Å². The molecule has 18 heavy (non-hydrogen) atoms. The third-order valence-electron chi connectivity index (χ3n) is 2.73. The van der Waals surface area contributed by atoms with Crippen LogP contribution in [0, 0.1) is 10.1 Å². The van der Waals surface area contributed by atoms with E-state index < -0.39 is 10.9 Å². The van der Waals surface area contributed by atoms with Crippen molar-refractivity contribution in [1.82, 2.24) is 0 Å². The smallest absolute Gasteiger partial charge is 0.305 e. The maximum Gasteiger partial charge on any atom is 0.305 e. The minimum atomic E-state index is -0.858. The highest BCUT2D eigenvalue weighted by Crippen LogP contribution is 2.21. The molecule has 98 valence electrons. The first-order valence-electron chi connectivity index (χ1n) is 5.68. The molecule has 1 rings (SSSR count). The lowest BCUT2D eigenvalue weighted by atomic mass is 10.1. The van der Waals surface area contributed by atoms with Crippen molar-refractivity contribution < 1.29 is 14.8 Å². The number of carboxylic acids is 1. The Hall–Kier alpha value is -2.11. The molecular formula is C12H16N2O4. The lowest BCUT2D eigenvalue weighted by Gasteiger charge is -2.29. The fraction of sp³-hybridized carbons (Fsp3) is 0.417. The molecule has 0 bridgehead atoms. The summed E-state index contributed by atoms with van der Waals surface area (Å²) in [5, 5.41) is 19.3. The van der Waals surface area contributed by atoms with Crippen LogP contribution in [0.3, 0.4) is 0 Å². The number of hydrogen-bond acceptors (Lipinski definition) is 4. The highest BCUT2D eigenvalue weighted by molar-refractivity contribution is 5.68. The lowest BCUT2D eigenvalue weighted by molar-refractivity contribution is -0.384. The number of carbonyl (C=O) groups is 1. The van der Waals surface area contributed by atoms with Crippen LogP contribution in [-0.2, 0) is 4.79 Å². The number of nitrogens with zero attached hydrogens (tertiary/aromatic N) is 2. The summed E-state index contributed by atoms with van der Waals surface area (Å²) < 4.78 is 0. The van der Waals surface area contributed by atoms with Gasteiger partial charge in [-0.2, -0.15) is 0 Å². The highest BCUT2D eigenvalue weighted by atomic mass is 16.6. The topological polar surface area (TPSA) is 83.7 Å². The van der Waals surface area contributed by atoms with E-state index in [1.165, 1.54) is 12.1 Å². The number of aliphatic carboxylic acids is 1. The molecule has 0 aromatic heterocycles. The molecule has 1 unspecified atom stereocenters. The van der Waals surface area contributed by atoms with Crippen molar-refractivity contribution in [2.45, 2.75) is 26.3 Å². The fourth-order valence-electron chi connectivity index (χ4n) is 1.88. The molecule has 6 nitrogen and oxygen atoms in total. The number of non-ortho nitro benzene ring substituents is 1. The standard InChI is InChI=1S/C12H16N2O4/c1-3-13(9(2)8-12(15)16)10-4-6-11(7-5-10)14(17)18/h4-7,9H,3,8H2,1-2H3,(H,15,16). The van der Waals surface area contributed by atoms with Gasteiger partial charge in [-0.1, -0.05) is 0 Å². The second-order valence-electron chi connectivity index (χ2n) is 4.01. The van der Waals surface area contributed by atoms with Gasteiger partial charge in [0.2, 0.25) is 0 Å². The molecular weight excluding hydrogens is 236 g/mol. The third-order valence-corrected chi connectivity index (χ3v) is 2.73. The Bertz CT molecular complexity index is 430. The molecule has 0 spiro atoms. The van der Waals surface area contributed by atoms with E-state index in [9.17, 15) is 14.9 Å². The molecule has 6 heteroatoms. The molecule has 1 atom stereocenters. The molecule has 0 aliphatic heterocycles. The largest absolute Gasteiger partial charge is 0.481 e. The predicted molar refractivity (Wildman–Crippen MR) is 67.8 cm³/mol. The predicted octanol–water partition coefficient (Wildman–Crippen LogP) is 2.28. The van der Waals surface area contributed by atoms with Crippen LogP contribution in [0.1, 0.15) is 20.3 Å². The van der Waals surface area contributed by atoms with Crippen molar-refractivity contribution in [2.75, 3.05) is 11.4 Å². The average molecular weight is 252 g/mol. The molecule has 0 saturated heterocycles. The van der Waals surface area contributed by atoms with E-state index in [-0.39, 0.29) is 18.2 Å². The van der Waals surface area contributed by atoms with Crippen LogP contribution in [0.25, 0.3) is 0 Å². The van der Waals surface area contributed by atoms with E-state index in [1.807, 2.05) is 18.7 Å². The summed E-state index contributed by atoms with van der Waals surface area (Å²) in [5.74, 6) is -0.858. The van der Waals surface area contributed by atoms with Crippen molar-refractivity contribution in [3.63, 3.8) is 0 Å². The van der Waals surface area contributed by atoms with Gasteiger partial charge in [0.1, 0.15) is 0 Å². The molecule has 0 saturated carbocycles. The molecule has 1 aromatic rings. The zero-order valence-electron chi connectivity index (χ0n) is 10.4. The number of rotatable bonds is 6. The van der Waals surface area contributed by atoms with Gasteiger partial charge in [-0.25, -0.2) is 0 Å². The number of anilines is 1. The van der Waals surface area contributed by atoms with Crippen molar-refractivity contribution in [1.29, 1.82) is 0 Å². The first kappa shape index (κ1) is 14.0. The molecule has 0 amide bonds. The maximum absolute atomic E-state index is 10.7. The van der Waals surface area contributed by atoms with Crippen molar-refractivity contribution in [2.24, 2.45) is 0 Å². The zero-order valence-corrected chi connectivity index (χ0v) is 10.4. The van der Waals surface area contributed by atoms with Gasteiger partial charge in [-0.15, -0.1) is 0 Å². The fourth-order valence-corrected chi connectivity index (χ4v) is 1.88. The summed E-state index contributed by atoms with van der Waals surface area (Å²) in [4.78, 5) is 22.7. The Kier molecular flexibility index (Phi) is 4.65. The summed E-state index contributed by atoms with van der Waals surface area (Å²) in [6.07, 6.45) is 0.0326. The second kappa shape index (κ2) is 6.00. The number of nitro groups is 1. The number of nitro benzene ring substituents is 1. The molecule has 0 fully saturated rings. The molecule has 1 N–H and O–H groups in total. The van der Waals surface area contributed by atoms with Gasteiger partial charge in [0, 0.05) is 30.4 Å². The Labute approximate surface area is 105 Å². The van der Waals surface area contributed by atoms with Crippen molar-refractivity contribution in [3.05, 3.63) is 34.4 Å². The van der Waals surface area contributed by atoms with Gasteiger partial charge in [-0.05, 0) is 26.0 Å². The van der Waals surface area contributed by atoms with Gasteiger partial charge in [0.15, 0.2) is 0 Å². The molecule has 0 radical (unpaired) electrons. The van der Waals surface area contributed by atoms with E-state index in [1.54, 1.807) is 12.1 Å². The Morgan fingerprint density at radius 1 is 1.44 bits per heavy atom. The number of benzene rings is 1. The van der Waals surface area contributed by atoms with Gasteiger partial charge in [-0.3, -0.25) is 14.9 Å². The van der Waals surface area contributed by atoms with Crippen LogP contribution >= 0.6 is 0 Å². The van der Waals surface area contributed by atoms with Gasteiger partial charge in [0.05, 0.1) is 11.3 Å². The van der Waals surface area contributed by atoms with E-state index in [2.05, 4.69) is 0 Å². The second-order valence-corrected chi connectivity index (χ2v) is 4.01. The highest BCUT2D eigenvalue weighted by Gasteiger charge is 2.16. The average Bonchev–Trinajstić information content (AvgIpc) is 2.29. The van der Waals surface area contributed by atoms with Crippen molar-refractivity contribution >= 4 is 17.3 Å². The minimum Gasteiger partial charge on any atom is -0.481 e. The van der Waals surface area contributed by atoms with Crippen LogP contribution in [0.15, 0.2) is 24.3 Å². The third kappa shape index (κ3) is 3.44. The minimum absolute atomic E-state index is 0.0284. The van der Waals surface area contributed by atoms with E-state index in [0.29, 0.717) is 6.54 Å². The number of carboxylic acid groups (broad SMARTS) is 1. The normalized spacial score (nSPS) is 11.9. The molecule has 0 heterocycles. The maximum atomic E-state index is 10.7. The van der Waals surface area contributed by atoms with Gasteiger partial charge in [0.25, 0.3) is 5.69 Å². The summed E-state index contributed by atoms with van der Waals surface area (Å²) in [5.41, 5.74) is 0.817.